The minimum atomic E-state index is 0.413. The zero-order valence-corrected chi connectivity index (χ0v) is 10.9. The van der Waals surface area contributed by atoms with E-state index in [1.54, 1.807) is 25.4 Å². The first-order chi connectivity index (χ1) is 8.65. The van der Waals surface area contributed by atoms with Crippen LogP contribution in [-0.2, 0) is 0 Å². The Balaban J connectivity index is 2.60. The average Bonchev–Trinajstić information content (AvgIpc) is 2.39. The fraction of sp³-hybridized carbons (Fsp3) is 0.0833. The normalized spacial score (nSPS) is 9.89. The molecule has 0 aromatic carbocycles. The maximum Gasteiger partial charge on any atom is 0.145 e. The summed E-state index contributed by atoms with van der Waals surface area (Å²) >= 11 is 12.1. The highest BCUT2D eigenvalue weighted by Crippen LogP contribution is 2.32. The maximum atomic E-state index is 8.85. The van der Waals surface area contributed by atoms with Gasteiger partial charge in [0.05, 0.1) is 21.3 Å². The van der Waals surface area contributed by atoms with Crippen LogP contribution in [0.25, 0.3) is 11.3 Å². The summed E-state index contributed by atoms with van der Waals surface area (Å²) in [4.78, 5) is 8.29. The van der Waals surface area contributed by atoms with E-state index in [1.807, 2.05) is 6.07 Å². The third kappa shape index (κ3) is 2.37. The molecule has 0 aliphatic heterocycles. The van der Waals surface area contributed by atoms with Gasteiger partial charge in [0.1, 0.15) is 11.9 Å². The van der Waals surface area contributed by atoms with Gasteiger partial charge >= 0.3 is 0 Å². The SMILES string of the molecule is CNc1nc(-c2cncc(C#N)c2)c(Cl)cc1Cl. The molecule has 0 fully saturated rings. The summed E-state index contributed by atoms with van der Waals surface area (Å²) < 4.78 is 0. The van der Waals surface area contributed by atoms with Crippen molar-refractivity contribution in [3.63, 3.8) is 0 Å². The molecule has 0 bridgehead atoms. The molecule has 18 heavy (non-hydrogen) atoms. The van der Waals surface area contributed by atoms with Crippen molar-refractivity contribution in [1.29, 1.82) is 5.26 Å². The number of hydrogen-bond donors (Lipinski definition) is 1. The summed E-state index contributed by atoms with van der Waals surface area (Å²) in [6, 6.07) is 5.30. The van der Waals surface area contributed by atoms with Gasteiger partial charge in [-0.15, -0.1) is 0 Å². The van der Waals surface area contributed by atoms with Crippen molar-refractivity contribution in [2.45, 2.75) is 0 Å². The molecule has 90 valence electrons. The quantitative estimate of drug-likeness (QED) is 0.915. The summed E-state index contributed by atoms with van der Waals surface area (Å²) in [5.74, 6) is 0.526. The number of hydrogen-bond acceptors (Lipinski definition) is 4. The van der Waals surface area contributed by atoms with E-state index in [1.165, 1.54) is 6.20 Å². The second kappa shape index (κ2) is 5.21. The average molecular weight is 279 g/mol. The third-order valence-corrected chi connectivity index (χ3v) is 2.88. The molecule has 0 spiro atoms. The lowest BCUT2D eigenvalue weighted by Crippen LogP contribution is -1.96. The number of nitriles is 1. The molecule has 0 atom stereocenters. The van der Waals surface area contributed by atoms with Gasteiger partial charge in [0.15, 0.2) is 0 Å². The minimum absolute atomic E-state index is 0.413. The number of nitrogens with zero attached hydrogens (tertiary/aromatic N) is 3. The summed E-state index contributed by atoms with van der Waals surface area (Å²) in [5, 5.41) is 12.6. The molecule has 1 N–H and O–H groups in total. The van der Waals surface area contributed by atoms with E-state index in [2.05, 4.69) is 15.3 Å². The van der Waals surface area contributed by atoms with Crippen molar-refractivity contribution in [2.24, 2.45) is 0 Å². The van der Waals surface area contributed by atoms with Crippen molar-refractivity contribution in [1.82, 2.24) is 9.97 Å². The van der Waals surface area contributed by atoms with Crippen LogP contribution in [-0.4, -0.2) is 17.0 Å². The molecule has 2 aromatic rings. The Morgan fingerprint density at radius 1 is 1.22 bits per heavy atom. The van der Waals surface area contributed by atoms with Crippen LogP contribution in [0, 0.1) is 11.3 Å². The van der Waals surface area contributed by atoms with Gasteiger partial charge in [-0.25, -0.2) is 4.98 Å². The summed E-state index contributed by atoms with van der Waals surface area (Å²) in [6.07, 6.45) is 3.08. The van der Waals surface area contributed by atoms with E-state index in [0.29, 0.717) is 32.7 Å². The summed E-state index contributed by atoms with van der Waals surface area (Å²) in [7, 11) is 1.72. The monoisotopic (exact) mass is 278 g/mol. The van der Waals surface area contributed by atoms with E-state index < -0.39 is 0 Å². The topological polar surface area (TPSA) is 61.6 Å². The van der Waals surface area contributed by atoms with Gasteiger partial charge in [-0.1, -0.05) is 23.2 Å². The van der Waals surface area contributed by atoms with Crippen LogP contribution in [0.3, 0.4) is 0 Å². The molecule has 0 radical (unpaired) electrons. The minimum Gasteiger partial charge on any atom is -0.372 e. The molecule has 0 aliphatic carbocycles. The molecule has 2 rings (SSSR count). The van der Waals surface area contributed by atoms with Crippen molar-refractivity contribution >= 4 is 29.0 Å². The van der Waals surface area contributed by atoms with Crippen molar-refractivity contribution < 1.29 is 0 Å². The first-order valence-corrected chi connectivity index (χ1v) is 5.80. The van der Waals surface area contributed by atoms with Crippen LogP contribution in [0.2, 0.25) is 10.0 Å². The van der Waals surface area contributed by atoms with E-state index in [-0.39, 0.29) is 0 Å². The van der Waals surface area contributed by atoms with E-state index in [4.69, 9.17) is 28.5 Å². The lowest BCUT2D eigenvalue weighted by Gasteiger charge is -2.08. The Morgan fingerprint density at radius 3 is 2.67 bits per heavy atom. The molecule has 0 amide bonds. The molecular weight excluding hydrogens is 271 g/mol. The van der Waals surface area contributed by atoms with E-state index in [9.17, 15) is 0 Å². The van der Waals surface area contributed by atoms with Gasteiger partial charge in [-0.2, -0.15) is 5.26 Å². The van der Waals surface area contributed by atoms with Gasteiger partial charge < -0.3 is 5.32 Å². The third-order valence-electron chi connectivity index (χ3n) is 2.31. The van der Waals surface area contributed by atoms with Crippen LogP contribution in [0.15, 0.2) is 24.5 Å². The molecule has 0 saturated carbocycles. The van der Waals surface area contributed by atoms with Crippen molar-refractivity contribution in [2.75, 3.05) is 12.4 Å². The van der Waals surface area contributed by atoms with Crippen molar-refractivity contribution in [3.8, 4) is 17.3 Å². The molecule has 0 aliphatic rings. The Bertz CT molecular complexity index is 634. The highest BCUT2D eigenvalue weighted by atomic mass is 35.5. The molecule has 0 unspecified atom stereocenters. The van der Waals surface area contributed by atoms with Crippen LogP contribution >= 0.6 is 23.2 Å². The predicted octanol–water partition coefficient (Wildman–Crippen LogP) is 3.36. The number of aromatic nitrogens is 2. The van der Waals surface area contributed by atoms with Gasteiger partial charge in [-0.05, 0) is 12.1 Å². The Labute approximate surface area is 114 Å². The number of anilines is 1. The zero-order chi connectivity index (χ0) is 13.1. The molecule has 4 nitrogen and oxygen atoms in total. The number of pyridine rings is 2. The standard InChI is InChI=1S/C12H8Cl2N4/c1-16-12-10(14)3-9(13)11(18-12)8-2-7(4-15)5-17-6-8/h2-3,5-6H,1H3,(H,16,18). The van der Waals surface area contributed by atoms with Gasteiger partial charge in [-0.3, -0.25) is 4.98 Å². The lowest BCUT2D eigenvalue weighted by atomic mass is 10.1. The van der Waals surface area contributed by atoms with Crippen LogP contribution in [0.5, 0.6) is 0 Å². The zero-order valence-electron chi connectivity index (χ0n) is 9.41. The Morgan fingerprint density at radius 2 is 2.00 bits per heavy atom. The van der Waals surface area contributed by atoms with Gasteiger partial charge in [0.2, 0.25) is 0 Å². The first kappa shape index (κ1) is 12.6. The molecule has 2 heterocycles. The molecule has 0 saturated heterocycles. The van der Waals surface area contributed by atoms with Crippen molar-refractivity contribution in [3.05, 3.63) is 40.1 Å². The van der Waals surface area contributed by atoms with Crippen LogP contribution in [0.4, 0.5) is 5.82 Å². The fourth-order valence-corrected chi connectivity index (χ4v) is 2.04. The largest absolute Gasteiger partial charge is 0.372 e. The fourth-order valence-electron chi connectivity index (χ4n) is 1.47. The van der Waals surface area contributed by atoms with Crippen LogP contribution in [0.1, 0.15) is 5.56 Å². The lowest BCUT2D eigenvalue weighted by molar-refractivity contribution is 1.25. The summed E-state index contributed by atoms with van der Waals surface area (Å²) in [5.41, 5.74) is 1.66. The molecular formula is C12H8Cl2N4. The summed E-state index contributed by atoms with van der Waals surface area (Å²) in [6.45, 7) is 0. The second-order valence-corrected chi connectivity index (χ2v) is 4.29. The maximum absolute atomic E-state index is 8.85. The molecule has 2 aromatic heterocycles. The first-order valence-electron chi connectivity index (χ1n) is 5.05. The highest BCUT2D eigenvalue weighted by molar-refractivity contribution is 6.37. The Hall–Kier alpha value is -1.83. The predicted molar refractivity (Wildman–Crippen MR) is 71.7 cm³/mol. The van der Waals surface area contributed by atoms with E-state index >= 15 is 0 Å². The highest BCUT2D eigenvalue weighted by Gasteiger charge is 2.11. The van der Waals surface area contributed by atoms with E-state index in [0.717, 1.165) is 0 Å². The number of halogens is 2. The number of nitrogens with one attached hydrogen (secondary N) is 1. The smallest absolute Gasteiger partial charge is 0.145 e. The molecule has 6 heteroatoms. The van der Waals surface area contributed by atoms with Crippen LogP contribution < -0.4 is 5.32 Å². The Kier molecular flexibility index (Phi) is 3.66. The second-order valence-electron chi connectivity index (χ2n) is 3.47. The van der Waals surface area contributed by atoms with Gasteiger partial charge in [0, 0.05) is 25.0 Å². The number of rotatable bonds is 2. The van der Waals surface area contributed by atoms with Gasteiger partial charge in [0.25, 0.3) is 0 Å².